The van der Waals surface area contributed by atoms with Gasteiger partial charge in [-0.2, -0.15) is 17.5 Å². The number of alkyl halides is 3. The molecule has 0 heterocycles. The van der Waals surface area contributed by atoms with Gasteiger partial charge in [-0.1, -0.05) is 6.07 Å². The highest BCUT2D eigenvalue weighted by Crippen LogP contribution is 2.18. The molecule has 0 atom stereocenters. The van der Waals surface area contributed by atoms with Crippen LogP contribution < -0.4 is 10.5 Å². The van der Waals surface area contributed by atoms with Crippen molar-refractivity contribution in [2.45, 2.75) is 6.18 Å². The maximum atomic E-state index is 12.1. The number of nitrogens with two attached hydrogens (primary N) is 1. The molecule has 114 valence electrons. The number of halogens is 3. The average molecular weight is 312 g/mol. The van der Waals surface area contributed by atoms with Crippen molar-refractivity contribution in [3.8, 4) is 5.75 Å². The van der Waals surface area contributed by atoms with Crippen LogP contribution in [0.1, 0.15) is 0 Å². The molecule has 0 aliphatic rings. The molecule has 0 aromatic heterocycles. The largest absolute Gasteiger partial charge is 0.492 e. The number of sulfonamides is 1. The summed E-state index contributed by atoms with van der Waals surface area (Å²) in [5, 5.41) is 0. The Bertz CT molecular complexity index is 546. The van der Waals surface area contributed by atoms with E-state index in [0.29, 0.717) is 11.4 Å². The summed E-state index contributed by atoms with van der Waals surface area (Å²) in [6, 6.07) is 6.31. The van der Waals surface area contributed by atoms with Crippen LogP contribution in [0.4, 0.5) is 18.9 Å². The summed E-state index contributed by atoms with van der Waals surface area (Å²) in [5.41, 5.74) is 5.95. The van der Waals surface area contributed by atoms with Crippen LogP contribution in [0.5, 0.6) is 5.75 Å². The number of nitrogens with zero attached hydrogens (tertiary/aromatic N) is 1. The summed E-state index contributed by atoms with van der Waals surface area (Å²) in [7, 11) is -3.14. The molecule has 0 aliphatic heterocycles. The first kappa shape index (κ1) is 16.6. The molecule has 2 N–H and O–H groups in total. The lowest BCUT2D eigenvalue weighted by Crippen LogP contribution is -2.38. The van der Waals surface area contributed by atoms with Crippen molar-refractivity contribution >= 4 is 15.7 Å². The Morgan fingerprint density at radius 1 is 1.35 bits per heavy atom. The second-order valence-corrected chi connectivity index (χ2v) is 6.30. The zero-order chi connectivity index (χ0) is 15.4. The normalized spacial score (nSPS) is 12.7. The predicted molar refractivity (Wildman–Crippen MR) is 68.8 cm³/mol. The van der Waals surface area contributed by atoms with Gasteiger partial charge in [0.25, 0.3) is 0 Å². The van der Waals surface area contributed by atoms with E-state index in [4.69, 9.17) is 10.5 Å². The van der Waals surface area contributed by atoms with E-state index < -0.39 is 28.5 Å². The smallest absolute Gasteiger partial charge is 0.402 e. The van der Waals surface area contributed by atoms with Gasteiger partial charge in [-0.15, -0.1) is 0 Å². The summed E-state index contributed by atoms with van der Waals surface area (Å²) in [6.07, 6.45) is -4.57. The number of anilines is 1. The van der Waals surface area contributed by atoms with E-state index in [1.54, 1.807) is 18.2 Å². The topological polar surface area (TPSA) is 72.6 Å². The third-order valence-electron chi connectivity index (χ3n) is 2.34. The van der Waals surface area contributed by atoms with Crippen LogP contribution in [-0.2, 0) is 10.0 Å². The Morgan fingerprint density at radius 3 is 2.55 bits per heavy atom. The molecule has 0 saturated carbocycles. The zero-order valence-electron chi connectivity index (χ0n) is 10.7. The van der Waals surface area contributed by atoms with Gasteiger partial charge in [0.2, 0.25) is 10.0 Å². The number of ether oxygens (including phenoxy) is 1. The molecule has 0 saturated heterocycles. The van der Waals surface area contributed by atoms with E-state index in [1.807, 2.05) is 0 Å². The molecule has 0 radical (unpaired) electrons. The minimum atomic E-state index is -4.57. The molecule has 1 aromatic carbocycles. The molecule has 9 heteroatoms. The highest BCUT2D eigenvalue weighted by Gasteiger charge is 2.33. The third kappa shape index (κ3) is 5.66. The van der Waals surface area contributed by atoms with Crippen molar-refractivity contribution in [2.24, 2.45) is 0 Å². The van der Waals surface area contributed by atoms with Gasteiger partial charge in [-0.3, -0.25) is 0 Å². The number of rotatable bonds is 6. The van der Waals surface area contributed by atoms with Crippen molar-refractivity contribution in [1.29, 1.82) is 0 Å². The molecule has 5 nitrogen and oxygen atoms in total. The predicted octanol–water partition coefficient (Wildman–Crippen LogP) is 1.47. The van der Waals surface area contributed by atoms with Crippen molar-refractivity contribution in [1.82, 2.24) is 4.31 Å². The molecule has 20 heavy (non-hydrogen) atoms. The van der Waals surface area contributed by atoms with Crippen molar-refractivity contribution < 1.29 is 26.3 Å². The minimum absolute atomic E-state index is 0.256. The molecule has 0 bridgehead atoms. The van der Waals surface area contributed by atoms with E-state index in [9.17, 15) is 21.6 Å². The number of hydrogen-bond acceptors (Lipinski definition) is 4. The second-order valence-electron chi connectivity index (χ2n) is 4.11. The van der Waals surface area contributed by atoms with E-state index >= 15 is 0 Å². The molecular formula is C11H15F3N2O3S. The molecule has 0 amide bonds. The Hall–Kier alpha value is -1.48. The van der Waals surface area contributed by atoms with Gasteiger partial charge < -0.3 is 10.5 Å². The van der Waals surface area contributed by atoms with Gasteiger partial charge >= 0.3 is 6.18 Å². The van der Waals surface area contributed by atoms with Crippen LogP contribution in [0.3, 0.4) is 0 Å². The van der Waals surface area contributed by atoms with Crippen LogP contribution in [0.2, 0.25) is 0 Å². The second kappa shape index (κ2) is 6.31. The van der Waals surface area contributed by atoms with E-state index in [0.717, 1.165) is 7.05 Å². The lowest BCUT2D eigenvalue weighted by molar-refractivity contribution is -0.134. The fourth-order valence-corrected chi connectivity index (χ4v) is 2.32. The van der Waals surface area contributed by atoms with Crippen LogP contribution in [0.15, 0.2) is 24.3 Å². The summed E-state index contributed by atoms with van der Waals surface area (Å²) < 4.78 is 64.9. The van der Waals surface area contributed by atoms with Gasteiger partial charge in [0.1, 0.15) is 18.9 Å². The van der Waals surface area contributed by atoms with Crippen molar-refractivity contribution in [3.63, 3.8) is 0 Å². The zero-order valence-corrected chi connectivity index (χ0v) is 11.5. The van der Waals surface area contributed by atoms with Crippen LogP contribution >= 0.6 is 0 Å². The first-order valence-corrected chi connectivity index (χ1v) is 7.20. The minimum Gasteiger partial charge on any atom is -0.492 e. The third-order valence-corrected chi connectivity index (χ3v) is 4.11. The van der Waals surface area contributed by atoms with Crippen LogP contribution in [0.25, 0.3) is 0 Å². The van der Waals surface area contributed by atoms with E-state index in [-0.39, 0.29) is 10.9 Å². The maximum absolute atomic E-state index is 12.1. The number of nitrogen functional groups attached to an aromatic ring is 1. The van der Waals surface area contributed by atoms with Crippen molar-refractivity contribution in [3.05, 3.63) is 24.3 Å². The standard InChI is InChI=1S/C11H15F3N2O3S/c1-16(8-11(12,13)14)20(17,18)6-5-19-10-4-2-3-9(15)7-10/h2-4,7H,5-6,8,15H2,1H3. The molecule has 0 aliphatic carbocycles. The maximum Gasteiger partial charge on any atom is 0.402 e. The Morgan fingerprint density at radius 2 is 2.00 bits per heavy atom. The fourth-order valence-electron chi connectivity index (χ4n) is 1.38. The highest BCUT2D eigenvalue weighted by atomic mass is 32.2. The SMILES string of the molecule is CN(CC(F)(F)F)S(=O)(=O)CCOc1cccc(N)c1. The summed E-state index contributed by atoms with van der Waals surface area (Å²) in [5.74, 6) is -0.187. The number of hydrogen-bond donors (Lipinski definition) is 1. The molecular weight excluding hydrogens is 297 g/mol. The monoisotopic (exact) mass is 312 g/mol. The Labute approximate surface area is 115 Å². The quantitative estimate of drug-likeness (QED) is 0.807. The van der Waals surface area contributed by atoms with Crippen molar-refractivity contribution in [2.75, 3.05) is 31.7 Å². The van der Waals surface area contributed by atoms with Gasteiger partial charge in [-0.05, 0) is 12.1 Å². The summed E-state index contributed by atoms with van der Waals surface area (Å²) >= 11 is 0. The molecule has 1 rings (SSSR count). The lowest BCUT2D eigenvalue weighted by atomic mass is 10.3. The Balaban J connectivity index is 2.51. The van der Waals surface area contributed by atoms with Crippen LogP contribution in [0, 0.1) is 0 Å². The fraction of sp³-hybridized carbons (Fsp3) is 0.455. The van der Waals surface area contributed by atoms with E-state index in [1.165, 1.54) is 6.07 Å². The summed E-state index contributed by atoms with van der Waals surface area (Å²) in [6.45, 7) is -1.78. The first-order chi connectivity index (χ1) is 9.10. The summed E-state index contributed by atoms with van der Waals surface area (Å²) in [4.78, 5) is 0. The first-order valence-electron chi connectivity index (χ1n) is 5.59. The average Bonchev–Trinajstić information content (AvgIpc) is 2.26. The number of benzene rings is 1. The molecule has 0 fully saturated rings. The van der Waals surface area contributed by atoms with Gasteiger partial charge in [-0.25, -0.2) is 8.42 Å². The molecule has 1 aromatic rings. The van der Waals surface area contributed by atoms with E-state index in [2.05, 4.69) is 0 Å². The lowest BCUT2D eigenvalue weighted by Gasteiger charge is -2.18. The van der Waals surface area contributed by atoms with Gasteiger partial charge in [0, 0.05) is 18.8 Å². The van der Waals surface area contributed by atoms with Gasteiger partial charge in [0.05, 0.1) is 5.75 Å². The Kier molecular flexibility index (Phi) is 5.23. The highest BCUT2D eigenvalue weighted by molar-refractivity contribution is 7.89. The molecule has 0 spiro atoms. The van der Waals surface area contributed by atoms with Crippen LogP contribution in [-0.4, -0.2) is 44.9 Å². The van der Waals surface area contributed by atoms with Gasteiger partial charge in [0.15, 0.2) is 0 Å². The molecule has 0 unspecified atom stereocenters.